The van der Waals surface area contributed by atoms with Crippen molar-refractivity contribution in [2.45, 2.75) is 19.9 Å². The predicted molar refractivity (Wildman–Crippen MR) is 135 cm³/mol. The van der Waals surface area contributed by atoms with Crippen LogP contribution in [0.2, 0.25) is 0 Å². The number of rotatable bonds is 6. The van der Waals surface area contributed by atoms with E-state index in [2.05, 4.69) is 45.6 Å². The quantitative estimate of drug-likeness (QED) is 0.337. The number of carbonyl (C=O) groups is 1. The maximum absolute atomic E-state index is 13.1. The van der Waals surface area contributed by atoms with E-state index in [1.165, 1.54) is 23.3 Å². The van der Waals surface area contributed by atoms with Gasteiger partial charge < -0.3 is 20.4 Å². The van der Waals surface area contributed by atoms with E-state index in [1.54, 1.807) is 19.2 Å². The van der Waals surface area contributed by atoms with Gasteiger partial charge in [-0.15, -0.1) is 24.0 Å². The molecule has 1 amide bonds. The normalized spacial score (nSPS) is 14.1. The molecule has 0 atom stereocenters. The average Bonchev–Trinajstić information content (AvgIpc) is 2.76. The maximum atomic E-state index is 13.1. The van der Waals surface area contributed by atoms with E-state index >= 15 is 0 Å². The number of hydrogen-bond acceptors (Lipinski definition) is 3. The molecule has 0 radical (unpaired) electrons. The number of aliphatic imine (C=N–C) groups is 1. The van der Waals surface area contributed by atoms with Crippen LogP contribution in [0.1, 0.15) is 17.5 Å². The Hall–Kier alpha value is -2.36. The smallest absolute Gasteiger partial charge is 0.224 e. The number of halogens is 2. The standard InChI is InChI=1S/C23H30FN5O.HI/c1-18-4-3-5-19(16-18)17-27-23(25-2)26-11-10-22(30)29-14-12-28(13-15-29)21-8-6-20(24)7-9-21;/h3-9,16H,10-15,17H2,1-2H3,(H2,25,26,27);1H. The molecule has 0 saturated carbocycles. The number of guanidine groups is 1. The van der Waals surface area contributed by atoms with E-state index in [1.807, 2.05) is 11.0 Å². The molecule has 168 valence electrons. The fraction of sp³-hybridized carbons (Fsp3) is 0.391. The molecule has 3 rings (SSSR count). The van der Waals surface area contributed by atoms with Crippen molar-refractivity contribution in [1.82, 2.24) is 15.5 Å². The van der Waals surface area contributed by atoms with E-state index in [9.17, 15) is 9.18 Å². The summed E-state index contributed by atoms with van der Waals surface area (Å²) in [5, 5.41) is 6.48. The van der Waals surface area contributed by atoms with Gasteiger partial charge in [-0.1, -0.05) is 29.8 Å². The van der Waals surface area contributed by atoms with Gasteiger partial charge in [0.15, 0.2) is 5.96 Å². The molecule has 0 aromatic heterocycles. The Labute approximate surface area is 200 Å². The minimum Gasteiger partial charge on any atom is -0.368 e. The van der Waals surface area contributed by atoms with Gasteiger partial charge in [0, 0.05) is 58.4 Å². The van der Waals surface area contributed by atoms with Gasteiger partial charge in [0.2, 0.25) is 5.91 Å². The molecule has 31 heavy (non-hydrogen) atoms. The molecule has 1 saturated heterocycles. The van der Waals surface area contributed by atoms with E-state index < -0.39 is 0 Å². The lowest BCUT2D eigenvalue weighted by Gasteiger charge is -2.36. The first-order chi connectivity index (χ1) is 14.5. The highest BCUT2D eigenvalue weighted by Gasteiger charge is 2.21. The molecular weight excluding hydrogens is 508 g/mol. The van der Waals surface area contributed by atoms with Crippen LogP contribution in [0.5, 0.6) is 0 Å². The monoisotopic (exact) mass is 539 g/mol. The van der Waals surface area contributed by atoms with Crippen LogP contribution < -0.4 is 15.5 Å². The van der Waals surface area contributed by atoms with Crippen LogP contribution in [0.25, 0.3) is 0 Å². The lowest BCUT2D eigenvalue weighted by molar-refractivity contribution is -0.131. The first kappa shape index (κ1) is 24.9. The summed E-state index contributed by atoms with van der Waals surface area (Å²) in [6.45, 7) is 6.15. The molecular formula is C23H31FIN5O. The molecule has 1 heterocycles. The summed E-state index contributed by atoms with van der Waals surface area (Å²) < 4.78 is 13.1. The lowest BCUT2D eigenvalue weighted by atomic mass is 10.1. The van der Waals surface area contributed by atoms with Gasteiger partial charge in [0.05, 0.1) is 0 Å². The summed E-state index contributed by atoms with van der Waals surface area (Å²) in [7, 11) is 1.72. The minimum atomic E-state index is -0.233. The second-order valence-electron chi connectivity index (χ2n) is 7.44. The molecule has 1 aliphatic rings. The third-order valence-corrected chi connectivity index (χ3v) is 5.22. The van der Waals surface area contributed by atoms with Gasteiger partial charge in [-0.05, 0) is 36.8 Å². The second kappa shape index (κ2) is 12.5. The second-order valence-corrected chi connectivity index (χ2v) is 7.44. The highest BCUT2D eigenvalue weighted by Crippen LogP contribution is 2.17. The Bertz CT molecular complexity index is 867. The van der Waals surface area contributed by atoms with Crippen molar-refractivity contribution in [3.63, 3.8) is 0 Å². The lowest BCUT2D eigenvalue weighted by Crippen LogP contribution is -2.49. The fourth-order valence-electron chi connectivity index (χ4n) is 3.54. The number of aryl methyl sites for hydroxylation is 1. The number of hydrogen-bond donors (Lipinski definition) is 2. The largest absolute Gasteiger partial charge is 0.368 e. The molecule has 2 aromatic carbocycles. The van der Waals surface area contributed by atoms with Crippen LogP contribution in [0.4, 0.5) is 10.1 Å². The summed E-state index contributed by atoms with van der Waals surface area (Å²) in [6, 6.07) is 14.8. The Morgan fingerprint density at radius 3 is 2.42 bits per heavy atom. The Kier molecular flexibility index (Phi) is 10.0. The predicted octanol–water partition coefficient (Wildman–Crippen LogP) is 3.16. The fourth-order valence-corrected chi connectivity index (χ4v) is 3.54. The SMILES string of the molecule is CN=C(NCCC(=O)N1CCN(c2ccc(F)cc2)CC1)NCc1cccc(C)c1.I. The van der Waals surface area contributed by atoms with Crippen molar-refractivity contribution in [3.8, 4) is 0 Å². The Morgan fingerprint density at radius 2 is 1.77 bits per heavy atom. The molecule has 0 aliphatic carbocycles. The number of nitrogens with one attached hydrogen (secondary N) is 2. The highest BCUT2D eigenvalue weighted by atomic mass is 127. The topological polar surface area (TPSA) is 60.0 Å². The van der Waals surface area contributed by atoms with Crippen LogP contribution in [0, 0.1) is 12.7 Å². The molecule has 1 fully saturated rings. The van der Waals surface area contributed by atoms with Gasteiger partial charge in [0.25, 0.3) is 0 Å². The minimum absolute atomic E-state index is 0. The van der Waals surface area contributed by atoms with Gasteiger partial charge in [-0.3, -0.25) is 9.79 Å². The molecule has 2 N–H and O–H groups in total. The van der Waals surface area contributed by atoms with E-state index in [4.69, 9.17) is 0 Å². The number of benzene rings is 2. The Balaban J connectivity index is 0.00000341. The zero-order chi connectivity index (χ0) is 21.3. The van der Waals surface area contributed by atoms with Crippen molar-refractivity contribution < 1.29 is 9.18 Å². The molecule has 1 aliphatic heterocycles. The molecule has 6 nitrogen and oxygen atoms in total. The third-order valence-electron chi connectivity index (χ3n) is 5.22. The molecule has 0 bridgehead atoms. The summed E-state index contributed by atoms with van der Waals surface area (Å²) >= 11 is 0. The van der Waals surface area contributed by atoms with Crippen molar-refractivity contribution in [2.24, 2.45) is 4.99 Å². The van der Waals surface area contributed by atoms with E-state index in [0.29, 0.717) is 38.6 Å². The van der Waals surface area contributed by atoms with Crippen LogP contribution in [0.3, 0.4) is 0 Å². The summed E-state index contributed by atoms with van der Waals surface area (Å²) in [5.74, 6) is 0.587. The first-order valence-electron chi connectivity index (χ1n) is 10.3. The van der Waals surface area contributed by atoms with Gasteiger partial charge in [-0.2, -0.15) is 0 Å². The van der Waals surface area contributed by atoms with Gasteiger partial charge in [-0.25, -0.2) is 4.39 Å². The maximum Gasteiger partial charge on any atom is 0.224 e. The van der Waals surface area contributed by atoms with Gasteiger partial charge in [0.1, 0.15) is 5.82 Å². The van der Waals surface area contributed by atoms with E-state index in [-0.39, 0.29) is 35.7 Å². The summed E-state index contributed by atoms with van der Waals surface area (Å²) in [4.78, 5) is 20.8. The summed E-state index contributed by atoms with van der Waals surface area (Å²) in [6.07, 6.45) is 0.418. The Morgan fingerprint density at radius 1 is 1.06 bits per heavy atom. The number of anilines is 1. The van der Waals surface area contributed by atoms with Crippen LogP contribution in [-0.2, 0) is 11.3 Å². The van der Waals surface area contributed by atoms with Crippen molar-refractivity contribution in [1.29, 1.82) is 0 Å². The van der Waals surface area contributed by atoms with Crippen LogP contribution in [-0.4, -0.2) is 56.5 Å². The van der Waals surface area contributed by atoms with Gasteiger partial charge >= 0.3 is 0 Å². The van der Waals surface area contributed by atoms with Crippen molar-refractivity contribution in [2.75, 3.05) is 44.7 Å². The number of piperazine rings is 1. The van der Waals surface area contributed by atoms with E-state index in [0.717, 1.165) is 18.8 Å². The molecule has 8 heteroatoms. The number of amides is 1. The van der Waals surface area contributed by atoms with Crippen molar-refractivity contribution >= 4 is 41.5 Å². The third kappa shape index (κ3) is 7.68. The first-order valence-corrected chi connectivity index (χ1v) is 10.3. The number of carbonyl (C=O) groups excluding carboxylic acids is 1. The summed E-state index contributed by atoms with van der Waals surface area (Å²) in [5.41, 5.74) is 3.41. The van der Waals surface area contributed by atoms with Crippen LogP contribution in [0.15, 0.2) is 53.5 Å². The molecule has 0 spiro atoms. The zero-order valence-corrected chi connectivity index (χ0v) is 20.4. The van der Waals surface area contributed by atoms with Crippen molar-refractivity contribution in [3.05, 3.63) is 65.5 Å². The highest BCUT2D eigenvalue weighted by molar-refractivity contribution is 14.0. The van der Waals surface area contributed by atoms with Crippen LogP contribution >= 0.6 is 24.0 Å². The molecule has 0 unspecified atom stereocenters. The zero-order valence-electron chi connectivity index (χ0n) is 18.1. The molecule has 2 aromatic rings. The average molecular weight is 539 g/mol. The number of nitrogens with zero attached hydrogens (tertiary/aromatic N) is 3.